The summed E-state index contributed by atoms with van der Waals surface area (Å²) in [7, 11) is 0. The maximum Gasteiger partial charge on any atom is 0.272 e. The number of aromatic nitrogens is 2. The van der Waals surface area contributed by atoms with Crippen molar-refractivity contribution in [2.24, 2.45) is 0 Å². The Balaban J connectivity index is 2.16. The SMILES string of the molecule is CCCN(CCC)C(=O)c1ccnc(Nc2cccc(Cl)c2)n1. The quantitative estimate of drug-likeness (QED) is 0.828. The molecule has 0 unspecified atom stereocenters. The van der Waals surface area contributed by atoms with E-state index in [4.69, 9.17) is 11.6 Å². The molecular weight excluding hydrogens is 312 g/mol. The molecule has 0 spiro atoms. The summed E-state index contributed by atoms with van der Waals surface area (Å²) in [5.74, 6) is 0.316. The smallest absolute Gasteiger partial charge is 0.272 e. The van der Waals surface area contributed by atoms with Gasteiger partial charge in [-0.3, -0.25) is 4.79 Å². The van der Waals surface area contributed by atoms with Crippen LogP contribution in [0.3, 0.4) is 0 Å². The van der Waals surface area contributed by atoms with Crippen molar-refractivity contribution in [1.29, 1.82) is 0 Å². The standard InChI is InChI=1S/C17H21ClN4O/c1-3-10-22(11-4-2)16(23)15-8-9-19-17(21-15)20-14-7-5-6-13(18)12-14/h5-9,12H,3-4,10-11H2,1-2H3,(H,19,20,21). The number of halogens is 1. The van der Waals surface area contributed by atoms with Crippen molar-refractivity contribution >= 4 is 29.1 Å². The molecule has 1 aromatic heterocycles. The van der Waals surface area contributed by atoms with Crippen LogP contribution in [0.5, 0.6) is 0 Å². The van der Waals surface area contributed by atoms with Gasteiger partial charge in [0.05, 0.1) is 0 Å². The topological polar surface area (TPSA) is 58.1 Å². The summed E-state index contributed by atoms with van der Waals surface area (Å²) >= 11 is 5.96. The van der Waals surface area contributed by atoms with Crippen LogP contribution in [0, 0.1) is 0 Å². The molecule has 0 atom stereocenters. The van der Waals surface area contributed by atoms with E-state index in [0.717, 1.165) is 31.6 Å². The Labute approximate surface area is 141 Å². The van der Waals surface area contributed by atoms with Crippen molar-refractivity contribution in [2.75, 3.05) is 18.4 Å². The minimum atomic E-state index is -0.0646. The highest BCUT2D eigenvalue weighted by Gasteiger charge is 2.16. The molecule has 0 radical (unpaired) electrons. The zero-order valence-corrected chi connectivity index (χ0v) is 14.2. The molecule has 2 aromatic rings. The molecule has 5 nitrogen and oxygen atoms in total. The predicted molar refractivity (Wildman–Crippen MR) is 93.3 cm³/mol. The average molecular weight is 333 g/mol. The molecule has 1 amide bonds. The number of amides is 1. The van der Waals surface area contributed by atoms with E-state index in [1.807, 2.05) is 17.0 Å². The first-order valence-electron chi connectivity index (χ1n) is 7.79. The third-order valence-electron chi connectivity index (χ3n) is 3.23. The highest BCUT2D eigenvalue weighted by atomic mass is 35.5. The van der Waals surface area contributed by atoms with Crippen LogP contribution in [0.2, 0.25) is 5.02 Å². The van der Waals surface area contributed by atoms with E-state index in [1.165, 1.54) is 0 Å². The Hall–Kier alpha value is -2.14. The zero-order valence-electron chi connectivity index (χ0n) is 13.4. The lowest BCUT2D eigenvalue weighted by Crippen LogP contribution is -2.33. The van der Waals surface area contributed by atoms with E-state index in [-0.39, 0.29) is 5.91 Å². The van der Waals surface area contributed by atoms with E-state index >= 15 is 0 Å². The maximum absolute atomic E-state index is 12.6. The minimum absolute atomic E-state index is 0.0646. The van der Waals surface area contributed by atoms with Crippen LogP contribution in [0.15, 0.2) is 36.5 Å². The van der Waals surface area contributed by atoms with Crippen molar-refractivity contribution in [3.8, 4) is 0 Å². The number of carbonyl (C=O) groups is 1. The second-order valence-corrected chi connectivity index (χ2v) is 5.63. The summed E-state index contributed by atoms with van der Waals surface area (Å²) in [5.41, 5.74) is 1.17. The molecule has 0 saturated heterocycles. The molecule has 0 bridgehead atoms. The molecule has 6 heteroatoms. The summed E-state index contributed by atoms with van der Waals surface area (Å²) in [5, 5.41) is 3.69. The maximum atomic E-state index is 12.6. The molecule has 1 heterocycles. The minimum Gasteiger partial charge on any atom is -0.337 e. The van der Waals surface area contributed by atoms with Gasteiger partial charge in [0.1, 0.15) is 5.69 Å². The Morgan fingerprint density at radius 1 is 1.22 bits per heavy atom. The Bertz CT molecular complexity index is 657. The van der Waals surface area contributed by atoms with Crippen LogP contribution in [0.1, 0.15) is 37.2 Å². The monoisotopic (exact) mass is 332 g/mol. The van der Waals surface area contributed by atoms with Crippen molar-refractivity contribution in [3.63, 3.8) is 0 Å². The largest absolute Gasteiger partial charge is 0.337 e. The zero-order chi connectivity index (χ0) is 16.7. The molecule has 0 aliphatic heterocycles. The van der Waals surface area contributed by atoms with Gasteiger partial charge >= 0.3 is 0 Å². The van der Waals surface area contributed by atoms with E-state index < -0.39 is 0 Å². The van der Waals surface area contributed by atoms with Crippen molar-refractivity contribution in [1.82, 2.24) is 14.9 Å². The van der Waals surface area contributed by atoms with Crippen LogP contribution in [0.25, 0.3) is 0 Å². The van der Waals surface area contributed by atoms with Gasteiger partial charge < -0.3 is 10.2 Å². The molecule has 1 aromatic carbocycles. The van der Waals surface area contributed by atoms with Crippen LogP contribution in [-0.2, 0) is 0 Å². The third kappa shape index (κ3) is 4.93. The number of carbonyl (C=O) groups excluding carboxylic acids is 1. The van der Waals surface area contributed by atoms with Gasteiger partial charge in [-0.25, -0.2) is 9.97 Å². The van der Waals surface area contributed by atoms with Crippen molar-refractivity contribution < 1.29 is 4.79 Å². The molecular formula is C17H21ClN4O. The fourth-order valence-corrected chi connectivity index (χ4v) is 2.44. The van der Waals surface area contributed by atoms with Gasteiger partial charge in [-0.15, -0.1) is 0 Å². The molecule has 0 aliphatic rings. The summed E-state index contributed by atoms with van der Waals surface area (Å²) < 4.78 is 0. The second-order valence-electron chi connectivity index (χ2n) is 5.19. The number of nitrogens with zero attached hydrogens (tertiary/aromatic N) is 3. The fraction of sp³-hybridized carbons (Fsp3) is 0.353. The van der Waals surface area contributed by atoms with Crippen LogP contribution in [-0.4, -0.2) is 33.9 Å². The lowest BCUT2D eigenvalue weighted by Gasteiger charge is -2.21. The van der Waals surface area contributed by atoms with Crippen molar-refractivity contribution in [3.05, 3.63) is 47.2 Å². The average Bonchev–Trinajstić information content (AvgIpc) is 2.54. The number of benzene rings is 1. The normalized spacial score (nSPS) is 10.4. The lowest BCUT2D eigenvalue weighted by molar-refractivity contribution is 0.0749. The predicted octanol–water partition coefficient (Wildman–Crippen LogP) is 4.14. The summed E-state index contributed by atoms with van der Waals surface area (Å²) in [4.78, 5) is 22.9. The first-order chi connectivity index (χ1) is 11.1. The van der Waals surface area contributed by atoms with Gasteiger partial charge in [0.15, 0.2) is 0 Å². The first kappa shape index (κ1) is 17.2. The van der Waals surface area contributed by atoms with E-state index in [0.29, 0.717) is 16.7 Å². The second kappa shape index (κ2) is 8.48. The molecule has 0 saturated carbocycles. The van der Waals surface area contributed by atoms with Gasteiger partial charge in [-0.2, -0.15) is 0 Å². The van der Waals surface area contributed by atoms with Gasteiger partial charge in [0.25, 0.3) is 5.91 Å². The lowest BCUT2D eigenvalue weighted by atomic mass is 10.3. The highest BCUT2D eigenvalue weighted by Crippen LogP contribution is 2.18. The molecule has 122 valence electrons. The summed E-state index contributed by atoms with van der Waals surface area (Å²) in [6, 6.07) is 8.92. The molecule has 23 heavy (non-hydrogen) atoms. The number of hydrogen-bond donors (Lipinski definition) is 1. The van der Waals surface area contributed by atoms with E-state index in [1.54, 1.807) is 24.4 Å². The molecule has 1 N–H and O–H groups in total. The van der Waals surface area contributed by atoms with Crippen LogP contribution in [0.4, 0.5) is 11.6 Å². The third-order valence-corrected chi connectivity index (χ3v) is 3.46. The van der Waals surface area contributed by atoms with E-state index in [9.17, 15) is 4.79 Å². The van der Waals surface area contributed by atoms with Gasteiger partial charge in [-0.1, -0.05) is 31.5 Å². The number of hydrogen-bond acceptors (Lipinski definition) is 4. The molecule has 2 rings (SSSR count). The number of rotatable bonds is 7. The Morgan fingerprint density at radius 2 is 1.96 bits per heavy atom. The Kier molecular flexibility index (Phi) is 6.35. The fourth-order valence-electron chi connectivity index (χ4n) is 2.25. The van der Waals surface area contributed by atoms with Crippen molar-refractivity contribution in [2.45, 2.75) is 26.7 Å². The van der Waals surface area contributed by atoms with Crippen LogP contribution >= 0.6 is 11.6 Å². The van der Waals surface area contributed by atoms with Crippen LogP contribution < -0.4 is 5.32 Å². The first-order valence-corrected chi connectivity index (χ1v) is 8.16. The molecule has 0 aliphatic carbocycles. The Morgan fingerprint density at radius 3 is 2.61 bits per heavy atom. The highest BCUT2D eigenvalue weighted by molar-refractivity contribution is 6.30. The summed E-state index contributed by atoms with van der Waals surface area (Å²) in [6.07, 6.45) is 3.43. The van der Waals surface area contributed by atoms with E-state index in [2.05, 4.69) is 29.1 Å². The number of anilines is 2. The van der Waals surface area contributed by atoms with Gasteiger partial charge in [-0.05, 0) is 37.1 Å². The summed E-state index contributed by atoms with van der Waals surface area (Å²) in [6.45, 7) is 5.57. The van der Waals surface area contributed by atoms with Gasteiger partial charge in [0, 0.05) is 30.0 Å². The van der Waals surface area contributed by atoms with Gasteiger partial charge in [0.2, 0.25) is 5.95 Å². The molecule has 0 fully saturated rings. The number of nitrogens with one attached hydrogen (secondary N) is 1.